The topological polar surface area (TPSA) is 105 Å². The predicted octanol–water partition coefficient (Wildman–Crippen LogP) is 2.59. The van der Waals surface area contributed by atoms with Gasteiger partial charge in [-0.1, -0.05) is 37.1 Å². The molecule has 3 rings (SSSR count). The van der Waals surface area contributed by atoms with Gasteiger partial charge in [0, 0.05) is 17.1 Å². The predicted molar refractivity (Wildman–Crippen MR) is 108 cm³/mol. The Labute approximate surface area is 173 Å². The summed E-state index contributed by atoms with van der Waals surface area (Å²) in [6, 6.07) is 7.80. The van der Waals surface area contributed by atoms with Crippen LogP contribution in [0.3, 0.4) is 0 Å². The van der Waals surface area contributed by atoms with Crippen molar-refractivity contribution in [3.8, 4) is 11.3 Å². The Morgan fingerprint density at radius 3 is 2.66 bits per heavy atom. The van der Waals surface area contributed by atoms with Crippen LogP contribution in [0.2, 0.25) is 5.02 Å². The molecule has 1 aromatic carbocycles. The van der Waals surface area contributed by atoms with Crippen molar-refractivity contribution in [3.63, 3.8) is 0 Å². The number of hydrogen-bond acceptors (Lipinski definition) is 4. The molecule has 0 aliphatic carbocycles. The van der Waals surface area contributed by atoms with Crippen molar-refractivity contribution < 1.29 is 19.5 Å². The molecule has 0 bridgehead atoms. The number of carboxylic acid groups (broad SMARTS) is 1. The molecule has 2 atom stereocenters. The highest BCUT2D eigenvalue weighted by Crippen LogP contribution is 2.27. The normalized spacial score (nSPS) is 17.0. The zero-order chi connectivity index (χ0) is 21.1. The van der Waals surface area contributed by atoms with E-state index in [2.05, 4.69) is 10.4 Å². The lowest BCUT2D eigenvalue weighted by Crippen LogP contribution is -2.50. The van der Waals surface area contributed by atoms with E-state index in [4.69, 9.17) is 11.6 Å². The van der Waals surface area contributed by atoms with Crippen molar-refractivity contribution in [3.05, 3.63) is 41.0 Å². The van der Waals surface area contributed by atoms with Crippen LogP contribution in [-0.2, 0) is 9.59 Å². The highest BCUT2D eigenvalue weighted by molar-refractivity contribution is 6.30. The minimum atomic E-state index is -1.08. The van der Waals surface area contributed by atoms with Crippen LogP contribution in [0.5, 0.6) is 0 Å². The molecule has 0 saturated carbocycles. The molecular formula is C20H23ClN4O4. The van der Waals surface area contributed by atoms with Crippen LogP contribution < -0.4 is 5.32 Å². The van der Waals surface area contributed by atoms with E-state index < -0.39 is 17.9 Å². The third-order valence-electron chi connectivity index (χ3n) is 4.83. The molecule has 1 aliphatic heterocycles. The zero-order valence-electron chi connectivity index (χ0n) is 16.3. The second-order valence-electron chi connectivity index (χ2n) is 7.15. The monoisotopic (exact) mass is 418 g/mol. The summed E-state index contributed by atoms with van der Waals surface area (Å²) in [6.45, 7) is 3.87. The van der Waals surface area contributed by atoms with E-state index in [1.54, 1.807) is 22.9 Å². The summed E-state index contributed by atoms with van der Waals surface area (Å²) in [4.78, 5) is 37.9. The molecule has 2 amide bonds. The third-order valence-corrected chi connectivity index (χ3v) is 5.08. The number of nitrogens with zero attached hydrogens (tertiary/aromatic N) is 3. The van der Waals surface area contributed by atoms with E-state index in [1.807, 2.05) is 26.0 Å². The number of nitrogens with one attached hydrogen (secondary N) is 1. The van der Waals surface area contributed by atoms with E-state index in [1.165, 1.54) is 4.90 Å². The Balaban J connectivity index is 1.75. The minimum Gasteiger partial charge on any atom is -0.480 e. The van der Waals surface area contributed by atoms with Crippen LogP contribution >= 0.6 is 11.6 Å². The first kappa shape index (κ1) is 20.9. The van der Waals surface area contributed by atoms with Crippen LogP contribution in [0.25, 0.3) is 11.3 Å². The number of carboxylic acids is 1. The number of amides is 2. The van der Waals surface area contributed by atoms with Crippen molar-refractivity contribution in [2.24, 2.45) is 0 Å². The lowest BCUT2D eigenvalue weighted by Gasteiger charge is -2.31. The molecule has 29 heavy (non-hydrogen) atoms. The fraction of sp³-hybridized carbons (Fsp3) is 0.400. The molecule has 1 unspecified atom stereocenters. The van der Waals surface area contributed by atoms with Crippen LogP contribution in [0.15, 0.2) is 30.3 Å². The van der Waals surface area contributed by atoms with Crippen molar-refractivity contribution >= 4 is 29.4 Å². The largest absolute Gasteiger partial charge is 0.480 e. The quantitative estimate of drug-likeness (QED) is 0.719. The smallest absolute Gasteiger partial charge is 0.326 e. The van der Waals surface area contributed by atoms with Gasteiger partial charge in [0.25, 0.3) is 5.91 Å². The summed E-state index contributed by atoms with van der Waals surface area (Å²) in [5.41, 5.74) is 1.88. The number of rotatable bonds is 7. The zero-order valence-corrected chi connectivity index (χ0v) is 17.0. The fourth-order valence-corrected chi connectivity index (χ4v) is 3.51. The molecule has 154 valence electrons. The SMILES string of the molecule is CCCC(NC(=O)CN1C[C@H](C)n2nc(-c3ccc(Cl)cc3)cc2C1=O)C(=O)O. The van der Waals surface area contributed by atoms with Gasteiger partial charge in [-0.2, -0.15) is 5.10 Å². The second kappa shape index (κ2) is 8.65. The van der Waals surface area contributed by atoms with Crippen molar-refractivity contribution in [1.82, 2.24) is 20.0 Å². The van der Waals surface area contributed by atoms with Crippen LogP contribution in [-0.4, -0.2) is 56.7 Å². The Kier molecular flexibility index (Phi) is 6.22. The molecular weight excluding hydrogens is 396 g/mol. The van der Waals surface area contributed by atoms with Crippen LogP contribution in [0, 0.1) is 0 Å². The lowest BCUT2D eigenvalue weighted by molar-refractivity contribution is -0.142. The molecule has 0 saturated heterocycles. The number of aliphatic carboxylic acids is 1. The van der Waals surface area contributed by atoms with E-state index in [-0.39, 0.29) is 18.5 Å². The second-order valence-corrected chi connectivity index (χ2v) is 7.58. The van der Waals surface area contributed by atoms with E-state index in [0.717, 1.165) is 5.56 Å². The lowest BCUT2D eigenvalue weighted by atomic mass is 10.1. The summed E-state index contributed by atoms with van der Waals surface area (Å²) in [6.07, 6.45) is 0.965. The third kappa shape index (κ3) is 4.59. The molecule has 0 fully saturated rings. The van der Waals surface area contributed by atoms with Gasteiger partial charge in [0.2, 0.25) is 5.91 Å². The Bertz CT molecular complexity index is 925. The fourth-order valence-electron chi connectivity index (χ4n) is 3.39. The maximum Gasteiger partial charge on any atom is 0.326 e. The number of hydrogen-bond donors (Lipinski definition) is 2. The van der Waals surface area contributed by atoms with Crippen molar-refractivity contribution in [2.75, 3.05) is 13.1 Å². The molecule has 2 aromatic rings. The molecule has 2 heterocycles. The van der Waals surface area contributed by atoms with Gasteiger partial charge < -0.3 is 15.3 Å². The van der Waals surface area contributed by atoms with Gasteiger partial charge in [0.05, 0.1) is 18.3 Å². The van der Waals surface area contributed by atoms with Crippen LogP contribution in [0.4, 0.5) is 0 Å². The van der Waals surface area contributed by atoms with Gasteiger partial charge in [-0.25, -0.2) is 4.79 Å². The van der Waals surface area contributed by atoms with Crippen molar-refractivity contribution in [1.29, 1.82) is 0 Å². The maximum atomic E-state index is 12.9. The van der Waals surface area contributed by atoms with E-state index in [9.17, 15) is 19.5 Å². The summed E-state index contributed by atoms with van der Waals surface area (Å²) < 4.78 is 1.66. The molecule has 1 aliphatic rings. The van der Waals surface area contributed by atoms with Gasteiger partial charge >= 0.3 is 5.97 Å². The summed E-state index contributed by atoms with van der Waals surface area (Å²) in [7, 11) is 0. The summed E-state index contributed by atoms with van der Waals surface area (Å²) in [5, 5.41) is 16.8. The maximum absolute atomic E-state index is 12.9. The van der Waals surface area contributed by atoms with E-state index >= 15 is 0 Å². The Morgan fingerprint density at radius 1 is 1.34 bits per heavy atom. The Hall–Kier alpha value is -2.87. The molecule has 9 heteroatoms. The van der Waals surface area contributed by atoms with E-state index in [0.29, 0.717) is 35.8 Å². The highest BCUT2D eigenvalue weighted by Gasteiger charge is 2.32. The molecule has 8 nitrogen and oxygen atoms in total. The average molecular weight is 419 g/mol. The molecule has 2 N–H and O–H groups in total. The standard InChI is InChI=1S/C20H23ClN4O4/c1-3-4-15(20(28)29)22-18(26)11-24-10-12(2)25-17(19(24)27)9-16(23-25)13-5-7-14(21)8-6-13/h5-9,12,15H,3-4,10-11H2,1-2H3,(H,22,26)(H,28,29)/t12-,15?/m0/s1. The highest BCUT2D eigenvalue weighted by atomic mass is 35.5. The van der Waals surface area contributed by atoms with Crippen molar-refractivity contribution in [2.45, 2.75) is 38.8 Å². The minimum absolute atomic E-state index is 0.123. The number of carbonyl (C=O) groups is 3. The first-order valence-electron chi connectivity index (χ1n) is 9.47. The number of fused-ring (bicyclic) bond motifs is 1. The van der Waals surface area contributed by atoms with Gasteiger partial charge in [-0.15, -0.1) is 0 Å². The first-order chi connectivity index (χ1) is 13.8. The summed E-state index contributed by atoms with van der Waals surface area (Å²) in [5.74, 6) is -1.88. The number of benzene rings is 1. The van der Waals surface area contributed by atoms with Gasteiger partial charge in [-0.05, 0) is 31.5 Å². The molecule has 0 radical (unpaired) electrons. The van der Waals surface area contributed by atoms with Gasteiger partial charge in [-0.3, -0.25) is 14.3 Å². The van der Waals surface area contributed by atoms with Crippen LogP contribution in [0.1, 0.15) is 43.2 Å². The average Bonchev–Trinajstić information content (AvgIpc) is 3.12. The first-order valence-corrected chi connectivity index (χ1v) is 9.84. The van der Waals surface area contributed by atoms with Gasteiger partial charge in [0.15, 0.2) is 0 Å². The molecule has 0 spiro atoms. The Morgan fingerprint density at radius 2 is 2.03 bits per heavy atom. The number of aromatic nitrogens is 2. The number of carbonyl (C=O) groups excluding carboxylic acids is 2. The van der Waals surface area contributed by atoms with Gasteiger partial charge in [0.1, 0.15) is 11.7 Å². The number of halogens is 1. The summed E-state index contributed by atoms with van der Waals surface area (Å²) >= 11 is 5.93. The molecule has 1 aromatic heterocycles.